The summed E-state index contributed by atoms with van der Waals surface area (Å²) in [6.45, 7) is 0.701. The molecule has 0 N–H and O–H groups in total. The molecule has 1 aromatic carbocycles. The molecule has 1 unspecified atom stereocenters. The van der Waals surface area contributed by atoms with Crippen molar-refractivity contribution in [2.24, 2.45) is 5.92 Å². The van der Waals surface area contributed by atoms with Crippen LogP contribution in [-0.4, -0.2) is 19.6 Å². The van der Waals surface area contributed by atoms with E-state index in [1.54, 1.807) is 19.2 Å². The maximum atomic E-state index is 12.9. The topological polar surface area (TPSA) is 9.23 Å². The molecule has 84 valence electrons. The predicted octanol–water partition coefficient (Wildman–Crippen LogP) is 3.26. The molecular formula is C12H16ClFO. The number of ether oxygens (including phenoxy) is 1. The molecule has 0 saturated heterocycles. The van der Waals surface area contributed by atoms with Crippen molar-refractivity contribution in [3.05, 3.63) is 35.6 Å². The van der Waals surface area contributed by atoms with Gasteiger partial charge < -0.3 is 4.74 Å². The molecule has 3 heteroatoms. The first-order chi connectivity index (χ1) is 7.26. The van der Waals surface area contributed by atoms with Gasteiger partial charge in [0.1, 0.15) is 5.82 Å². The van der Waals surface area contributed by atoms with Gasteiger partial charge in [0.15, 0.2) is 0 Å². The van der Waals surface area contributed by atoms with Crippen molar-refractivity contribution in [3.63, 3.8) is 0 Å². The number of hydrogen-bond donors (Lipinski definition) is 0. The number of halogens is 2. The fraction of sp³-hybridized carbons (Fsp3) is 0.500. The molecule has 0 heterocycles. The predicted molar refractivity (Wildman–Crippen MR) is 60.8 cm³/mol. The summed E-state index contributed by atoms with van der Waals surface area (Å²) in [6, 6.07) is 6.67. The van der Waals surface area contributed by atoms with Crippen molar-refractivity contribution in [2.75, 3.05) is 19.6 Å². The summed E-state index contributed by atoms with van der Waals surface area (Å²) in [5.41, 5.74) is 0.997. The SMILES string of the molecule is COCCC(CCl)Cc1cccc(F)c1. The van der Waals surface area contributed by atoms with Crippen molar-refractivity contribution < 1.29 is 9.13 Å². The van der Waals surface area contributed by atoms with Crippen molar-refractivity contribution in [3.8, 4) is 0 Å². The van der Waals surface area contributed by atoms with Crippen molar-refractivity contribution >= 4 is 11.6 Å². The van der Waals surface area contributed by atoms with Crippen LogP contribution >= 0.6 is 11.6 Å². The van der Waals surface area contributed by atoms with Crippen molar-refractivity contribution in [1.82, 2.24) is 0 Å². The number of hydrogen-bond acceptors (Lipinski definition) is 1. The van der Waals surface area contributed by atoms with Gasteiger partial charge in [0, 0.05) is 19.6 Å². The molecule has 15 heavy (non-hydrogen) atoms. The summed E-state index contributed by atoms with van der Waals surface area (Å²) in [5.74, 6) is 0.751. The van der Waals surface area contributed by atoms with E-state index < -0.39 is 0 Å². The van der Waals surface area contributed by atoms with Crippen LogP contribution in [0.25, 0.3) is 0 Å². The zero-order valence-electron chi connectivity index (χ0n) is 8.88. The van der Waals surface area contributed by atoms with Gasteiger partial charge >= 0.3 is 0 Å². The van der Waals surface area contributed by atoms with E-state index in [1.807, 2.05) is 6.07 Å². The van der Waals surface area contributed by atoms with Gasteiger partial charge in [-0.3, -0.25) is 0 Å². The van der Waals surface area contributed by atoms with E-state index in [4.69, 9.17) is 16.3 Å². The zero-order chi connectivity index (χ0) is 11.1. The van der Waals surface area contributed by atoms with Gasteiger partial charge in [0.25, 0.3) is 0 Å². The second kappa shape index (κ2) is 6.81. The Labute approximate surface area is 95.2 Å². The highest BCUT2D eigenvalue weighted by Gasteiger charge is 2.08. The second-order valence-electron chi connectivity index (χ2n) is 3.64. The largest absolute Gasteiger partial charge is 0.385 e. The fourth-order valence-electron chi connectivity index (χ4n) is 1.52. The number of benzene rings is 1. The van der Waals surface area contributed by atoms with Crippen LogP contribution in [0.4, 0.5) is 4.39 Å². The summed E-state index contributed by atoms with van der Waals surface area (Å²) < 4.78 is 17.9. The molecule has 0 radical (unpaired) electrons. The van der Waals surface area contributed by atoms with E-state index in [0.717, 1.165) is 18.4 Å². The van der Waals surface area contributed by atoms with Crippen LogP contribution in [0.15, 0.2) is 24.3 Å². The average Bonchev–Trinajstić information content (AvgIpc) is 2.24. The van der Waals surface area contributed by atoms with Crippen LogP contribution in [0.5, 0.6) is 0 Å². The van der Waals surface area contributed by atoms with Gasteiger partial charge in [-0.25, -0.2) is 4.39 Å². The minimum atomic E-state index is -0.187. The lowest BCUT2D eigenvalue weighted by atomic mass is 9.98. The molecule has 1 atom stereocenters. The molecular weight excluding hydrogens is 215 g/mol. The Hall–Kier alpha value is -0.600. The van der Waals surface area contributed by atoms with Crippen molar-refractivity contribution in [2.45, 2.75) is 12.8 Å². The molecule has 1 rings (SSSR count). The van der Waals surface area contributed by atoms with E-state index in [2.05, 4.69) is 0 Å². The molecule has 0 fully saturated rings. The van der Waals surface area contributed by atoms with E-state index in [1.165, 1.54) is 6.07 Å². The van der Waals surface area contributed by atoms with Crippen LogP contribution in [0.3, 0.4) is 0 Å². The average molecular weight is 231 g/mol. The fourth-order valence-corrected chi connectivity index (χ4v) is 1.78. The number of rotatable bonds is 6. The van der Waals surface area contributed by atoms with Gasteiger partial charge in [0.05, 0.1) is 0 Å². The summed E-state index contributed by atoms with van der Waals surface area (Å²) in [5, 5.41) is 0. The molecule has 0 aliphatic rings. The summed E-state index contributed by atoms with van der Waals surface area (Å²) in [4.78, 5) is 0. The maximum Gasteiger partial charge on any atom is 0.123 e. The molecule has 1 nitrogen and oxygen atoms in total. The Kier molecular flexibility index (Phi) is 5.66. The van der Waals surface area contributed by atoms with Crippen molar-refractivity contribution in [1.29, 1.82) is 0 Å². The quantitative estimate of drug-likeness (QED) is 0.682. The van der Waals surface area contributed by atoms with E-state index in [-0.39, 0.29) is 5.82 Å². The van der Waals surface area contributed by atoms with Gasteiger partial charge in [-0.2, -0.15) is 0 Å². The summed E-state index contributed by atoms with van der Waals surface area (Å²) >= 11 is 5.84. The molecule has 0 aliphatic carbocycles. The monoisotopic (exact) mass is 230 g/mol. The highest BCUT2D eigenvalue weighted by molar-refractivity contribution is 6.18. The molecule has 0 aliphatic heterocycles. The van der Waals surface area contributed by atoms with E-state index in [0.29, 0.717) is 18.4 Å². The Morgan fingerprint density at radius 3 is 2.87 bits per heavy atom. The normalized spacial score (nSPS) is 12.7. The molecule has 0 saturated carbocycles. The van der Waals surface area contributed by atoms with Gasteiger partial charge in [0.2, 0.25) is 0 Å². The standard InChI is InChI=1S/C12H16ClFO/c1-15-6-5-11(9-13)7-10-3-2-4-12(14)8-10/h2-4,8,11H,5-7,9H2,1H3. The second-order valence-corrected chi connectivity index (χ2v) is 3.94. The lowest BCUT2D eigenvalue weighted by Crippen LogP contribution is -2.09. The molecule has 0 amide bonds. The summed E-state index contributed by atoms with van der Waals surface area (Å²) in [7, 11) is 1.67. The Morgan fingerprint density at radius 1 is 1.47 bits per heavy atom. The molecule has 1 aromatic rings. The highest BCUT2D eigenvalue weighted by Crippen LogP contribution is 2.15. The number of alkyl halides is 1. The van der Waals surface area contributed by atoms with Crippen LogP contribution < -0.4 is 0 Å². The zero-order valence-corrected chi connectivity index (χ0v) is 9.64. The maximum absolute atomic E-state index is 12.9. The third-order valence-electron chi connectivity index (χ3n) is 2.36. The lowest BCUT2D eigenvalue weighted by Gasteiger charge is -2.13. The van der Waals surface area contributed by atoms with Gasteiger partial charge in [-0.05, 0) is 36.5 Å². The molecule has 0 aromatic heterocycles. The lowest BCUT2D eigenvalue weighted by molar-refractivity contribution is 0.180. The van der Waals surface area contributed by atoms with E-state index in [9.17, 15) is 4.39 Å². The summed E-state index contributed by atoms with van der Waals surface area (Å²) in [6.07, 6.45) is 1.72. The first-order valence-electron chi connectivity index (χ1n) is 5.05. The van der Waals surface area contributed by atoms with E-state index >= 15 is 0 Å². The number of methoxy groups -OCH3 is 1. The Morgan fingerprint density at radius 2 is 2.27 bits per heavy atom. The Balaban J connectivity index is 2.50. The highest BCUT2D eigenvalue weighted by atomic mass is 35.5. The third kappa shape index (κ3) is 4.63. The first-order valence-corrected chi connectivity index (χ1v) is 5.59. The minimum Gasteiger partial charge on any atom is -0.385 e. The van der Waals surface area contributed by atoms with Crippen LogP contribution in [0, 0.1) is 11.7 Å². The van der Waals surface area contributed by atoms with Crippen LogP contribution in [0.1, 0.15) is 12.0 Å². The minimum absolute atomic E-state index is 0.187. The van der Waals surface area contributed by atoms with Gasteiger partial charge in [-0.15, -0.1) is 11.6 Å². The Bertz CT molecular complexity index is 291. The molecule has 0 bridgehead atoms. The molecule has 0 spiro atoms. The van der Waals surface area contributed by atoms with Gasteiger partial charge in [-0.1, -0.05) is 12.1 Å². The van der Waals surface area contributed by atoms with Crippen LogP contribution in [-0.2, 0) is 11.2 Å². The first kappa shape index (κ1) is 12.5. The third-order valence-corrected chi connectivity index (χ3v) is 2.80. The smallest absolute Gasteiger partial charge is 0.123 e. The van der Waals surface area contributed by atoms with Crippen LogP contribution in [0.2, 0.25) is 0 Å².